The summed E-state index contributed by atoms with van der Waals surface area (Å²) in [6, 6.07) is 164. The number of fused-ring (bicyclic) bond motifs is 27. The largest absolute Gasteiger partial charge is 0.309 e. The van der Waals surface area contributed by atoms with Crippen molar-refractivity contribution in [2.45, 2.75) is 5.92 Å². The number of aromatic nitrogens is 6. The van der Waals surface area contributed by atoms with Gasteiger partial charge in [-0.15, -0.1) is 34.0 Å². The SMILES string of the molecule is c1ccc(-n2c3ccc(-c4ccc5c(c4)c4ccccc4n5-c4cccc5c4sc4ccccc45)cc3c3ccc(-c4ccc5c(c4)C(c4ccc6c(c4)c4ccccc4n6-c4cc(-c6cccc(-c7cccc8c7sc7ccccc78)c6)cc(-c6cnc(-n7c8ccccc8c8ccccc87)c7sc8ccc(-n9c%10ccccc%10c%10ccccc%109)cc8c67)c4)c4ccccc4-5)cc32)cc1. The Morgan fingerprint density at radius 2 is 0.630 bits per heavy atom. The third-order valence-electron chi connectivity index (χ3n) is 29.2. The molecule has 29 aromatic rings. The molecule has 0 fully saturated rings. The normalized spacial score (nSPS) is 13.0. The van der Waals surface area contributed by atoms with Crippen molar-refractivity contribution in [2.24, 2.45) is 0 Å². The minimum Gasteiger partial charge on any atom is -0.309 e. The van der Waals surface area contributed by atoms with Crippen LogP contribution in [0.15, 0.2) is 443 Å². The highest BCUT2D eigenvalue weighted by Gasteiger charge is 2.33. The van der Waals surface area contributed by atoms with Gasteiger partial charge in [-0.3, -0.25) is 4.57 Å². The molecule has 0 saturated carbocycles. The average Bonchev–Trinajstić information content (AvgIpc) is 1.57. The summed E-state index contributed by atoms with van der Waals surface area (Å²) in [6.45, 7) is 0. The van der Waals surface area contributed by atoms with Crippen LogP contribution in [0.25, 0.3) is 265 Å². The van der Waals surface area contributed by atoms with Gasteiger partial charge < -0.3 is 18.3 Å². The highest BCUT2D eigenvalue weighted by atomic mass is 32.1. The Morgan fingerprint density at radius 3 is 1.31 bits per heavy atom. The van der Waals surface area contributed by atoms with Crippen molar-refractivity contribution in [1.29, 1.82) is 0 Å². The van der Waals surface area contributed by atoms with Crippen molar-refractivity contribution in [2.75, 3.05) is 0 Å². The number of nitrogens with zero attached hydrogens (tertiary/aromatic N) is 6. The first-order valence-corrected chi connectivity index (χ1v) is 48.7. The van der Waals surface area contributed by atoms with Crippen LogP contribution < -0.4 is 0 Å². The topological polar surface area (TPSA) is 37.5 Å². The van der Waals surface area contributed by atoms with Gasteiger partial charge in [-0.1, -0.05) is 279 Å². The third kappa shape index (κ3) is 11.1. The number of hydrogen-bond acceptors (Lipinski definition) is 4. The predicted octanol–water partition coefficient (Wildman–Crippen LogP) is 35.2. The van der Waals surface area contributed by atoms with Crippen molar-refractivity contribution < 1.29 is 0 Å². The fraction of sp³-hybridized carbons (Fsp3) is 0.00794. The van der Waals surface area contributed by atoms with Crippen LogP contribution in [0, 0.1) is 0 Å². The molecule has 0 bridgehead atoms. The maximum atomic E-state index is 5.81. The number of benzene rings is 20. The monoisotopic (exact) mass is 1770 g/mol. The van der Waals surface area contributed by atoms with E-state index in [1.165, 1.54) is 204 Å². The molecular formula is C126H74N6S3. The van der Waals surface area contributed by atoms with Crippen LogP contribution in [-0.2, 0) is 0 Å². The van der Waals surface area contributed by atoms with Crippen LogP contribution in [0.5, 0.6) is 0 Å². The summed E-state index contributed by atoms with van der Waals surface area (Å²) in [6.07, 6.45) is 2.19. The van der Waals surface area contributed by atoms with E-state index in [0.29, 0.717) is 0 Å². The zero-order chi connectivity index (χ0) is 87.9. The maximum Gasteiger partial charge on any atom is 0.155 e. The smallest absolute Gasteiger partial charge is 0.155 e. The Balaban J connectivity index is 0.579. The second kappa shape index (κ2) is 28.9. The lowest BCUT2D eigenvalue weighted by Gasteiger charge is -2.17. The van der Waals surface area contributed by atoms with Gasteiger partial charge in [-0.25, -0.2) is 4.98 Å². The van der Waals surface area contributed by atoms with Crippen LogP contribution in [-0.4, -0.2) is 27.8 Å². The van der Waals surface area contributed by atoms with Gasteiger partial charge in [0.1, 0.15) is 0 Å². The van der Waals surface area contributed by atoms with Gasteiger partial charge in [0.15, 0.2) is 5.82 Å². The molecule has 6 nitrogen and oxygen atoms in total. The van der Waals surface area contributed by atoms with E-state index in [4.69, 9.17) is 4.98 Å². The maximum absolute atomic E-state index is 5.81. The molecule has 1 unspecified atom stereocenters. The van der Waals surface area contributed by atoms with E-state index >= 15 is 0 Å². The first-order valence-electron chi connectivity index (χ1n) is 46.3. The first kappa shape index (κ1) is 74.9. The zero-order valence-corrected chi connectivity index (χ0v) is 75.1. The summed E-state index contributed by atoms with van der Waals surface area (Å²) < 4.78 is 19.9. The number of hydrogen-bond donors (Lipinski definition) is 0. The minimum absolute atomic E-state index is 0.0517. The lowest BCUT2D eigenvalue weighted by atomic mass is 9.87. The van der Waals surface area contributed by atoms with Crippen molar-refractivity contribution in [3.8, 4) is 95.3 Å². The van der Waals surface area contributed by atoms with Crippen molar-refractivity contribution in [3.05, 3.63) is 460 Å². The van der Waals surface area contributed by atoms with E-state index in [1.54, 1.807) is 0 Å². The molecule has 0 aliphatic heterocycles. The van der Waals surface area contributed by atoms with E-state index in [1.807, 2.05) is 34.0 Å². The van der Waals surface area contributed by atoms with Crippen LogP contribution in [0.3, 0.4) is 0 Å². The summed E-state index contributed by atoms with van der Waals surface area (Å²) in [7, 11) is 0. The van der Waals surface area contributed by atoms with Crippen molar-refractivity contribution >= 4 is 204 Å². The fourth-order valence-corrected chi connectivity index (χ4v) is 26.9. The molecule has 0 radical (unpaired) electrons. The van der Waals surface area contributed by atoms with Gasteiger partial charge in [0.2, 0.25) is 0 Å². The van der Waals surface area contributed by atoms with Gasteiger partial charge in [0.05, 0.1) is 70.3 Å². The number of rotatable bonds is 11. The Hall–Kier alpha value is -16.8. The zero-order valence-electron chi connectivity index (χ0n) is 72.6. The molecule has 30 rings (SSSR count). The Bertz CT molecular complexity index is 10100. The molecule has 626 valence electrons. The number of pyridine rings is 1. The van der Waals surface area contributed by atoms with E-state index in [9.17, 15) is 0 Å². The van der Waals surface area contributed by atoms with Gasteiger partial charge >= 0.3 is 0 Å². The summed E-state index contributed by atoms with van der Waals surface area (Å²) in [5.74, 6) is 0.861. The molecule has 0 amide bonds. The first-order chi connectivity index (χ1) is 66.9. The van der Waals surface area contributed by atoms with E-state index in [2.05, 4.69) is 466 Å². The van der Waals surface area contributed by atoms with E-state index in [0.717, 1.165) is 77.4 Å². The molecule has 135 heavy (non-hydrogen) atoms. The van der Waals surface area contributed by atoms with Crippen LogP contribution >= 0.6 is 34.0 Å². The highest BCUT2D eigenvalue weighted by molar-refractivity contribution is 7.27. The van der Waals surface area contributed by atoms with Crippen molar-refractivity contribution in [3.63, 3.8) is 0 Å². The molecule has 1 aliphatic carbocycles. The minimum atomic E-state index is -0.0517. The van der Waals surface area contributed by atoms with Crippen molar-refractivity contribution in [1.82, 2.24) is 27.8 Å². The number of thiophene rings is 3. The highest BCUT2D eigenvalue weighted by Crippen LogP contribution is 2.54. The second-order valence-electron chi connectivity index (χ2n) is 36.3. The quantitative estimate of drug-likeness (QED) is 0.127. The Kier molecular flexibility index (Phi) is 16.0. The summed E-state index contributed by atoms with van der Waals surface area (Å²) in [5, 5.41) is 19.7. The molecule has 0 spiro atoms. The lowest BCUT2D eigenvalue weighted by Crippen LogP contribution is -2.01. The molecule has 0 saturated heterocycles. The fourth-order valence-electron chi connectivity index (χ4n) is 23.3. The summed E-state index contributed by atoms with van der Waals surface area (Å²) in [4.78, 5) is 5.81. The lowest BCUT2D eigenvalue weighted by molar-refractivity contribution is 1.02. The molecule has 9 heterocycles. The molecule has 1 aliphatic rings. The van der Waals surface area contributed by atoms with Crippen LogP contribution in [0.2, 0.25) is 0 Å². The van der Waals surface area contributed by atoms with E-state index in [-0.39, 0.29) is 5.92 Å². The van der Waals surface area contributed by atoms with Gasteiger partial charge in [-0.05, 0) is 236 Å². The van der Waals surface area contributed by atoms with Gasteiger partial charge in [0, 0.05) is 140 Å². The van der Waals surface area contributed by atoms with Gasteiger partial charge in [0.25, 0.3) is 0 Å². The van der Waals surface area contributed by atoms with Crippen LogP contribution in [0.4, 0.5) is 0 Å². The number of para-hydroxylation sites is 7. The Morgan fingerprint density at radius 1 is 0.193 bits per heavy atom. The third-order valence-corrected chi connectivity index (χ3v) is 32.8. The molecule has 9 heteroatoms. The molecule has 20 aromatic carbocycles. The standard InChI is InChI=1S/C126H74N6S3/c1-2-27-83(28-3-1)128-113-59-53-76(77-54-60-115-101(67-77)94-35-11-17-45-110(94)131(115)116-48-24-41-100-97-37-13-21-50-119(97)134-124(100)116)68-102(113)95-58-52-78(71-117(95)128)75-51-57-88-87-29-4-5-38-98(87)121(104(88)69-75)80-55-61-114-103(70-80)93-34-10-16-44-109(93)130(114)85-65-81(74-25-22-26-79(63-74)86-39-23-40-99-96-36-12-20-49-118(96)133-123(86)99)64-82(66-85)106-73-127-126(132-111-46-18-8-32-91(111)92-33-9-19-47-112(92)132)125-122(106)105-72-84(56-62-120(105)135-125)129-107-42-14-6-30-89(107)90-31-7-15-43-108(90)129/h1-73,121H. The molecule has 0 N–H and O–H groups in total. The van der Waals surface area contributed by atoms with Crippen LogP contribution in [0.1, 0.15) is 22.6 Å². The average molecular weight is 1770 g/mol. The molecule has 9 aromatic heterocycles. The van der Waals surface area contributed by atoms with E-state index < -0.39 is 0 Å². The predicted molar refractivity (Wildman–Crippen MR) is 575 cm³/mol. The summed E-state index contributed by atoms with van der Waals surface area (Å²) in [5.41, 5.74) is 34.0. The molecular weight excluding hydrogens is 1690 g/mol. The molecule has 1 atom stereocenters. The van der Waals surface area contributed by atoms with Gasteiger partial charge in [-0.2, -0.15) is 0 Å². The second-order valence-corrected chi connectivity index (χ2v) is 39.4. The Labute approximate surface area is 786 Å². The summed E-state index contributed by atoms with van der Waals surface area (Å²) >= 11 is 5.60.